The molecule has 26 heavy (non-hydrogen) atoms. The fourth-order valence-corrected chi connectivity index (χ4v) is 4.83. The van der Waals surface area contributed by atoms with Gasteiger partial charge < -0.3 is 0 Å². The van der Waals surface area contributed by atoms with Crippen molar-refractivity contribution in [2.45, 2.75) is 39.5 Å². The van der Waals surface area contributed by atoms with E-state index in [1.54, 1.807) is 22.7 Å². The Kier molecular flexibility index (Phi) is 5.38. The van der Waals surface area contributed by atoms with Gasteiger partial charge in [-0.2, -0.15) is 0 Å². The van der Waals surface area contributed by atoms with Gasteiger partial charge in [-0.3, -0.25) is 0 Å². The first-order chi connectivity index (χ1) is 12.5. The molecule has 0 N–H and O–H groups in total. The number of hydrogen-bond acceptors (Lipinski definition) is 2. The molecule has 0 fully saturated rings. The van der Waals surface area contributed by atoms with Crippen molar-refractivity contribution in [3.05, 3.63) is 55.9 Å². The van der Waals surface area contributed by atoms with Crippen molar-refractivity contribution in [3.63, 3.8) is 0 Å². The van der Waals surface area contributed by atoms with Crippen molar-refractivity contribution in [1.82, 2.24) is 0 Å². The molecule has 3 aromatic rings. The van der Waals surface area contributed by atoms with E-state index >= 15 is 0 Å². The minimum Gasteiger partial charge on any atom is -0.148 e. The third kappa shape index (κ3) is 3.36. The maximum atomic E-state index is 5.89. The van der Waals surface area contributed by atoms with Crippen molar-refractivity contribution in [1.29, 1.82) is 0 Å². The second-order valence-electron chi connectivity index (χ2n) is 6.98. The Bertz CT molecular complexity index is 930. The van der Waals surface area contributed by atoms with Gasteiger partial charge in [-0.1, -0.05) is 51.7 Å². The SMILES string of the molecule is C#Cc1c(-c2csc(C(C)C)c2)ccc(-c2csc(C(C)C)c2)c1C#C. The van der Waals surface area contributed by atoms with Crippen LogP contribution >= 0.6 is 22.7 Å². The molecule has 0 aliphatic carbocycles. The van der Waals surface area contributed by atoms with Crippen molar-refractivity contribution >= 4 is 22.7 Å². The van der Waals surface area contributed by atoms with Gasteiger partial charge in [0.25, 0.3) is 0 Å². The van der Waals surface area contributed by atoms with Crippen molar-refractivity contribution < 1.29 is 0 Å². The first kappa shape index (κ1) is 18.5. The van der Waals surface area contributed by atoms with E-state index in [0.29, 0.717) is 11.8 Å². The lowest BCUT2D eigenvalue weighted by molar-refractivity contribution is 0.890. The first-order valence-electron chi connectivity index (χ1n) is 8.74. The molecule has 0 nitrogen and oxygen atoms in total. The molecule has 130 valence electrons. The molecule has 0 saturated heterocycles. The predicted molar refractivity (Wildman–Crippen MR) is 117 cm³/mol. The quantitative estimate of drug-likeness (QED) is 0.419. The van der Waals surface area contributed by atoms with Crippen LogP contribution < -0.4 is 0 Å². The largest absolute Gasteiger partial charge is 0.148 e. The van der Waals surface area contributed by atoms with Crippen LogP contribution in [0.2, 0.25) is 0 Å². The van der Waals surface area contributed by atoms with Crippen LogP contribution in [-0.4, -0.2) is 0 Å². The predicted octanol–water partition coefficient (Wildman–Crippen LogP) is 7.35. The second kappa shape index (κ2) is 7.55. The van der Waals surface area contributed by atoms with E-state index < -0.39 is 0 Å². The number of hydrogen-bond donors (Lipinski definition) is 0. The van der Waals surface area contributed by atoms with Crippen LogP contribution in [0.25, 0.3) is 22.3 Å². The molecule has 0 radical (unpaired) electrons. The molecule has 0 saturated carbocycles. The van der Waals surface area contributed by atoms with Crippen molar-refractivity contribution in [2.75, 3.05) is 0 Å². The van der Waals surface area contributed by atoms with Crippen LogP contribution in [0.5, 0.6) is 0 Å². The van der Waals surface area contributed by atoms with E-state index in [-0.39, 0.29) is 0 Å². The molecule has 3 rings (SSSR count). The molecule has 2 heteroatoms. The zero-order chi connectivity index (χ0) is 18.8. The second-order valence-corrected chi connectivity index (χ2v) is 8.87. The highest BCUT2D eigenvalue weighted by molar-refractivity contribution is 7.10. The third-order valence-corrected chi connectivity index (χ3v) is 6.96. The highest BCUT2D eigenvalue weighted by atomic mass is 32.1. The molecule has 0 spiro atoms. The fourth-order valence-electron chi connectivity index (χ4n) is 2.98. The Morgan fingerprint density at radius 1 is 0.731 bits per heavy atom. The van der Waals surface area contributed by atoms with E-state index in [9.17, 15) is 0 Å². The van der Waals surface area contributed by atoms with E-state index in [2.05, 4.69) is 74.6 Å². The van der Waals surface area contributed by atoms with Gasteiger partial charge in [0, 0.05) is 20.9 Å². The van der Waals surface area contributed by atoms with E-state index in [1.807, 2.05) is 0 Å². The molecule has 2 heterocycles. The summed E-state index contributed by atoms with van der Waals surface area (Å²) >= 11 is 3.55. The lowest BCUT2D eigenvalue weighted by Gasteiger charge is -2.11. The van der Waals surface area contributed by atoms with E-state index in [1.165, 1.54) is 9.75 Å². The number of thiophene rings is 2. The summed E-state index contributed by atoms with van der Waals surface area (Å²) in [4.78, 5) is 2.71. The van der Waals surface area contributed by atoms with Gasteiger partial charge in [0.15, 0.2) is 0 Å². The zero-order valence-electron chi connectivity index (χ0n) is 15.6. The monoisotopic (exact) mass is 374 g/mol. The Morgan fingerprint density at radius 3 is 1.38 bits per heavy atom. The van der Waals surface area contributed by atoms with Crippen LogP contribution in [0.4, 0.5) is 0 Å². The van der Waals surface area contributed by atoms with Crippen LogP contribution in [-0.2, 0) is 0 Å². The summed E-state index contributed by atoms with van der Waals surface area (Å²) in [5.41, 5.74) is 6.04. The summed E-state index contributed by atoms with van der Waals surface area (Å²) in [5, 5.41) is 4.35. The van der Waals surface area contributed by atoms with Gasteiger partial charge in [0.05, 0.1) is 0 Å². The molecule has 2 aromatic heterocycles. The standard InChI is InChI=1S/C24H22S2/c1-7-19-20(8-2)22(18-12-24(16(5)6)26-14-18)10-9-21(19)17-11-23(15(3)4)25-13-17/h1-2,9-16H,3-6H3. The van der Waals surface area contributed by atoms with Crippen molar-refractivity contribution in [2.24, 2.45) is 0 Å². The lowest BCUT2D eigenvalue weighted by atomic mass is 9.91. The maximum Gasteiger partial charge on any atom is 0.0484 e. The van der Waals surface area contributed by atoms with Crippen LogP contribution in [0.3, 0.4) is 0 Å². The lowest BCUT2D eigenvalue weighted by Crippen LogP contribution is -1.93. The highest BCUT2D eigenvalue weighted by Crippen LogP contribution is 2.38. The Morgan fingerprint density at radius 2 is 1.12 bits per heavy atom. The van der Waals surface area contributed by atoms with Crippen LogP contribution in [0.1, 0.15) is 60.4 Å². The minimum absolute atomic E-state index is 0.509. The Balaban J connectivity index is 2.15. The molecule has 0 bridgehead atoms. The Hall–Kier alpha value is -2.26. The zero-order valence-corrected chi connectivity index (χ0v) is 17.2. The average Bonchev–Trinajstić information content (AvgIpc) is 3.29. The van der Waals surface area contributed by atoms with Gasteiger partial charge in [-0.15, -0.1) is 35.5 Å². The van der Waals surface area contributed by atoms with E-state index in [0.717, 1.165) is 33.4 Å². The summed E-state index contributed by atoms with van der Waals surface area (Å²) in [6.45, 7) is 8.82. The van der Waals surface area contributed by atoms with Gasteiger partial charge in [0.2, 0.25) is 0 Å². The molecular weight excluding hydrogens is 352 g/mol. The third-order valence-electron chi connectivity index (χ3n) is 4.49. The molecular formula is C24H22S2. The summed E-state index contributed by atoms with van der Waals surface area (Å²) in [7, 11) is 0. The van der Waals surface area contributed by atoms with E-state index in [4.69, 9.17) is 12.8 Å². The smallest absolute Gasteiger partial charge is 0.0484 e. The van der Waals surface area contributed by atoms with Crippen LogP contribution in [0.15, 0.2) is 35.0 Å². The van der Waals surface area contributed by atoms with Gasteiger partial charge in [-0.05, 0) is 57.0 Å². The van der Waals surface area contributed by atoms with Crippen molar-refractivity contribution in [3.8, 4) is 46.9 Å². The van der Waals surface area contributed by atoms with Gasteiger partial charge in [0.1, 0.15) is 0 Å². The normalized spacial score (nSPS) is 10.9. The number of rotatable bonds is 4. The Labute approximate surface area is 164 Å². The summed E-state index contributed by atoms with van der Waals surface area (Å²) in [6.07, 6.45) is 11.8. The average molecular weight is 375 g/mol. The highest BCUT2D eigenvalue weighted by Gasteiger charge is 2.16. The number of benzene rings is 1. The summed E-state index contributed by atoms with van der Waals surface area (Å²) < 4.78 is 0. The molecule has 0 atom stereocenters. The minimum atomic E-state index is 0.509. The van der Waals surface area contributed by atoms with Crippen LogP contribution in [0, 0.1) is 24.7 Å². The molecule has 0 aliphatic heterocycles. The fraction of sp³-hybridized carbons (Fsp3) is 0.250. The topological polar surface area (TPSA) is 0 Å². The molecule has 1 aromatic carbocycles. The van der Waals surface area contributed by atoms with Gasteiger partial charge >= 0.3 is 0 Å². The molecule has 0 unspecified atom stereocenters. The summed E-state index contributed by atoms with van der Waals surface area (Å²) in [6, 6.07) is 8.69. The molecule has 0 amide bonds. The maximum absolute atomic E-state index is 5.89. The number of terminal acetylenes is 2. The molecule has 0 aliphatic rings. The summed E-state index contributed by atoms with van der Waals surface area (Å²) in [5.74, 6) is 6.73. The van der Waals surface area contributed by atoms with Gasteiger partial charge in [-0.25, -0.2) is 0 Å². The first-order valence-corrected chi connectivity index (χ1v) is 10.5.